The molecule has 7 heteroatoms. The number of aromatic nitrogens is 3. The summed E-state index contributed by atoms with van der Waals surface area (Å²) in [5, 5.41) is 6.91. The van der Waals surface area contributed by atoms with Crippen molar-refractivity contribution in [1.82, 2.24) is 20.1 Å². The third kappa shape index (κ3) is 3.59. The van der Waals surface area contributed by atoms with Gasteiger partial charge < -0.3 is 14.4 Å². The number of aryl methyl sites for hydroxylation is 1. The Hall–Kier alpha value is -1.47. The number of H-pyrrole nitrogens is 1. The van der Waals surface area contributed by atoms with Crippen LogP contribution in [0.1, 0.15) is 43.4 Å². The second-order valence-electron chi connectivity index (χ2n) is 5.70. The van der Waals surface area contributed by atoms with Crippen molar-refractivity contribution < 1.29 is 14.3 Å². The molecular weight excluding hydrogens is 272 g/mol. The van der Waals surface area contributed by atoms with E-state index in [1.807, 2.05) is 6.92 Å². The molecule has 0 radical (unpaired) electrons. The van der Waals surface area contributed by atoms with E-state index >= 15 is 0 Å². The highest BCUT2D eigenvalue weighted by Crippen LogP contribution is 2.22. The van der Waals surface area contributed by atoms with Gasteiger partial charge in [-0.15, -0.1) is 0 Å². The van der Waals surface area contributed by atoms with E-state index in [0.29, 0.717) is 25.5 Å². The molecule has 1 saturated heterocycles. The fourth-order valence-electron chi connectivity index (χ4n) is 2.87. The van der Waals surface area contributed by atoms with E-state index in [4.69, 9.17) is 9.47 Å². The summed E-state index contributed by atoms with van der Waals surface area (Å²) in [6, 6.07) is 0. The molecule has 2 heterocycles. The van der Waals surface area contributed by atoms with Crippen LogP contribution in [0, 0.1) is 6.92 Å². The molecule has 2 aliphatic rings. The standard InChI is InChI=1S/C14H22N4O3/c1-10-15-14(17-16-10)12-8-18(6-7-20-12)13(19)9-21-11-4-2-3-5-11/h11-12H,2-9H2,1H3,(H,15,16,17)/t12-/m1/s1. The third-order valence-corrected chi connectivity index (χ3v) is 4.07. The maximum absolute atomic E-state index is 12.2. The lowest BCUT2D eigenvalue weighted by Gasteiger charge is -2.31. The zero-order valence-corrected chi connectivity index (χ0v) is 12.4. The smallest absolute Gasteiger partial charge is 0.248 e. The summed E-state index contributed by atoms with van der Waals surface area (Å²) in [4.78, 5) is 18.3. The van der Waals surface area contributed by atoms with Gasteiger partial charge in [-0.05, 0) is 19.8 Å². The molecule has 0 bridgehead atoms. The Balaban J connectivity index is 1.51. The average molecular weight is 294 g/mol. The molecule has 116 valence electrons. The lowest BCUT2D eigenvalue weighted by molar-refractivity contribution is -0.146. The van der Waals surface area contributed by atoms with Crippen molar-refractivity contribution in [2.24, 2.45) is 0 Å². The topological polar surface area (TPSA) is 80.3 Å². The van der Waals surface area contributed by atoms with Crippen molar-refractivity contribution >= 4 is 5.91 Å². The van der Waals surface area contributed by atoms with Gasteiger partial charge in [-0.25, -0.2) is 4.98 Å². The maximum Gasteiger partial charge on any atom is 0.248 e. The van der Waals surface area contributed by atoms with Crippen molar-refractivity contribution in [3.8, 4) is 0 Å². The van der Waals surface area contributed by atoms with E-state index < -0.39 is 0 Å². The SMILES string of the molecule is Cc1nc([C@H]2CN(C(=O)COC3CCCC3)CCO2)n[nH]1. The number of hydrogen-bond acceptors (Lipinski definition) is 5. The average Bonchev–Trinajstić information content (AvgIpc) is 3.16. The Morgan fingerprint density at radius 1 is 1.48 bits per heavy atom. The van der Waals surface area contributed by atoms with Crippen LogP contribution in [0.5, 0.6) is 0 Å². The predicted molar refractivity (Wildman–Crippen MR) is 74.6 cm³/mol. The van der Waals surface area contributed by atoms with Gasteiger partial charge in [0.1, 0.15) is 18.5 Å². The molecule has 3 rings (SSSR count). The summed E-state index contributed by atoms with van der Waals surface area (Å²) < 4.78 is 11.3. The van der Waals surface area contributed by atoms with Crippen LogP contribution < -0.4 is 0 Å². The Bertz CT molecular complexity index is 484. The van der Waals surface area contributed by atoms with Crippen LogP contribution in [0.15, 0.2) is 0 Å². The molecule has 1 N–H and O–H groups in total. The van der Waals surface area contributed by atoms with Crippen LogP contribution in [0.25, 0.3) is 0 Å². The first-order chi connectivity index (χ1) is 10.2. The number of ether oxygens (including phenoxy) is 2. The Morgan fingerprint density at radius 3 is 3.00 bits per heavy atom. The molecular formula is C14H22N4O3. The first-order valence-electron chi connectivity index (χ1n) is 7.62. The highest BCUT2D eigenvalue weighted by atomic mass is 16.5. The molecule has 0 unspecified atom stereocenters. The molecule has 1 aliphatic carbocycles. The van der Waals surface area contributed by atoms with Crippen LogP contribution in [0.3, 0.4) is 0 Å². The minimum Gasteiger partial charge on any atom is -0.368 e. The number of carbonyl (C=O) groups excluding carboxylic acids is 1. The quantitative estimate of drug-likeness (QED) is 0.895. The van der Waals surface area contributed by atoms with Crippen molar-refractivity contribution in [2.45, 2.75) is 44.8 Å². The fraction of sp³-hybridized carbons (Fsp3) is 0.786. The van der Waals surface area contributed by atoms with Crippen LogP contribution in [0.2, 0.25) is 0 Å². The minimum absolute atomic E-state index is 0.0301. The number of nitrogens with zero attached hydrogens (tertiary/aromatic N) is 3. The molecule has 1 amide bonds. The van der Waals surface area contributed by atoms with Crippen LogP contribution >= 0.6 is 0 Å². The number of aromatic amines is 1. The van der Waals surface area contributed by atoms with Crippen molar-refractivity contribution in [3.05, 3.63) is 11.6 Å². The highest BCUT2D eigenvalue weighted by Gasteiger charge is 2.28. The van der Waals surface area contributed by atoms with E-state index in [1.165, 1.54) is 12.8 Å². The molecule has 1 saturated carbocycles. The van der Waals surface area contributed by atoms with Crippen molar-refractivity contribution in [1.29, 1.82) is 0 Å². The molecule has 0 spiro atoms. The lowest BCUT2D eigenvalue weighted by Crippen LogP contribution is -2.44. The first-order valence-corrected chi connectivity index (χ1v) is 7.62. The first kappa shape index (κ1) is 14.5. The summed E-state index contributed by atoms with van der Waals surface area (Å²) >= 11 is 0. The van der Waals surface area contributed by atoms with Crippen LogP contribution in [0.4, 0.5) is 0 Å². The summed E-state index contributed by atoms with van der Waals surface area (Å²) in [6.45, 7) is 3.62. The largest absolute Gasteiger partial charge is 0.368 e. The number of morpholine rings is 1. The number of rotatable bonds is 4. The van der Waals surface area contributed by atoms with Gasteiger partial charge in [-0.1, -0.05) is 12.8 Å². The summed E-state index contributed by atoms with van der Waals surface area (Å²) in [5.41, 5.74) is 0. The fourth-order valence-corrected chi connectivity index (χ4v) is 2.87. The summed E-state index contributed by atoms with van der Waals surface area (Å²) in [7, 11) is 0. The van der Waals surface area contributed by atoms with E-state index in [2.05, 4.69) is 15.2 Å². The molecule has 7 nitrogen and oxygen atoms in total. The van der Waals surface area contributed by atoms with Gasteiger partial charge in [0.25, 0.3) is 0 Å². The molecule has 21 heavy (non-hydrogen) atoms. The van der Waals surface area contributed by atoms with Gasteiger partial charge in [0.05, 0.1) is 19.3 Å². The summed E-state index contributed by atoms with van der Waals surface area (Å²) in [5.74, 6) is 1.39. The monoisotopic (exact) mass is 294 g/mol. The number of carbonyl (C=O) groups is 1. The van der Waals surface area contributed by atoms with Gasteiger partial charge in [-0.3, -0.25) is 9.89 Å². The number of amides is 1. The Labute approximate surface area is 124 Å². The van der Waals surface area contributed by atoms with E-state index in [1.54, 1.807) is 4.90 Å². The Kier molecular flexibility index (Phi) is 4.50. The van der Waals surface area contributed by atoms with Crippen LogP contribution in [-0.2, 0) is 14.3 Å². The zero-order chi connectivity index (χ0) is 14.7. The van der Waals surface area contributed by atoms with E-state index in [0.717, 1.165) is 18.7 Å². The van der Waals surface area contributed by atoms with Gasteiger partial charge in [0, 0.05) is 6.54 Å². The molecule has 1 aromatic rings. The van der Waals surface area contributed by atoms with Gasteiger partial charge in [-0.2, -0.15) is 5.10 Å². The maximum atomic E-state index is 12.2. The van der Waals surface area contributed by atoms with Crippen molar-refractivity contribution in [2.75, 3.05) is 26.3 Å². The second-order valence-corrected chi connectivity index (χ2v) is 5.70. The third-order valence-electron chi connectivity index (χ3n) is 4.07. The van der Waals surface area contributed by atoms with Crippen LogP contribution in [-0.4, -0.2) is 58.4 Å². The van der Waals surface area contributed by atoms with E-state index in [-0.39, 0.29) is 24.7 Å². The summed E-state index contributed by atoms with van der Waals surface area (Å²) in [6.07, 6.45) is 4.59. The number of hydrogen-bond donors (Lipinski definition) is 1. The lowest BCUT2D eigenvalue weighted by atomic mass is 10.2. The Morgan fingerprint density at radius 2 is 2.29 bits per heavy atom. The molecule has 0 aromatic carbocycles. The number of nitrogens with one attached hydrogen (secondary N) is 1. The molecule has 1 aliphatic heterocycles. The molecule has 1 aromatic heterocycles. The molecule has 2 fully saturated rings. The zero-order valence-electron chi connectivity index (χ0n) is 12.4. The predicted octanol–water partition coefficient (Wildman–Crippen LogP) is 0.972. The molecule has 1 atom stereocenters. The normalized spacial score (nSPS) is 23.7. The minimum atomic E-state index is -0.251. The highest BCUT2D eigenvalue weighted by molar-refractivity contribution is 5.77. The van der Waals surface area contributed by atoms with Crippen molar-refractivity contribution in [3.63, 3.8) is 0 Å². The second kappa shape index (κ2) is 6.53. The van der Waals surface area contributed by atoms with E-state index in [9.17, 15) is 4.79 Å². The van der Waals surface area contributed by atoms with Gasteiger partial charge in [0.15, 0.2) is 5.82 Å². The van der Waals surface area contributed by atoms with Gasteiger partial charge in [0.2, 0.25) is 5.91 Å². The van der Waals surface area contributed by atoms with Gasteiger partial charge >= 0.3 is 0 Å².